The van der Waals surface area contributed by atoms with Crippen molar-refractivity contribution in [2.45, 2.75) is 37.6 Å². The fraction of sp³-hybridized carbons (Fsp3) is 0.429. The molecule has 2 nitrogen and oxygen atoms in total. The van der Waals surface area contributed by atoms with Crippen molar-refractivity contribution in [2.75, 3.05) is 0 Å². The first kappa shape index (κ1) is 9.91. The highest BCUT2D eigenvalue weighted by Gasteiger charge is 2.52. The summed E-state index contributed by atoms with van der Waals surface area (Å²) >= 11 is 0. The molecule has 0 saturated heterocycles. The van der Waals surface area contributed by atoms with Crippen LogP contribution in [0.25, 0.3) is 10.9 Å². The largest absolute Gasteiger partial charge is 0.361 e. The molecule has 2 aromatic rings. The number of rotatable bonds is 2. The van der Waals surface area contributed by atoms with Crippen LogP contribution in [0.2, 0.25) is 0 Å². The summed E-state index contributed by atoms with van der Waals surface area (Å²) in [5.74, 6) is 0. The van der Waals surface area contributed by atoms with Crippen molar-refractivity contribution in [1.82, 2.24) is 4.98 Å². The van der Waals surface area contributed by atoms with Crippen LogP contribution < -0.4 is 5.73 Å². The van der Waals surface area contributed by atoms with Gasteiger partial charge < -0.3 is 10.7 Å². The van der Waals surface area contributed by atoms with E-state index >= 15 is 0 Å². The van der Waals surface area contributed by atoms with E-state index in [1.807, 2.05) is 6.20 Å². The van der Waals surface area contributed by atoms with Crippen molar-refractivity contribution in [3.05, 3.63) is 36.0 Å². The van der Waals surface area contributed by atoms with E-state index in [-0.39, 0.29) is 11.0 Å². The van der Waals surface area contributed by atoms with Gasteiger partial charge in [0, 0.05) is 28.1 Å². The second kappa shape index (κ2) is 2.89. The zero-order valence-electron chi connectivity index (χ0n) is 9.88. The number of benzene rings is 1. The van der Waals surface area contributed by atoms with Crippen molar-refractivity contribution < 1.29 is 0 Å². The van der Waals surface area contributed by atoms with Gasteiger partial charge in [-0.3, -0.25) is 0 Å². The standard InChI is InChI=1S/C14H18N2/c1-13(2,14(15)7-8-14)11-4-3-5-12-10(11)6-9-16-12/h3-6,9,16H,7-8,15H2,1-2H3. The molecular formula is C14H18N2. The number of hydrogen-bond acceptors (Lipinski definition) is 1. The average molecular weight is 214 g/mol. The van der Waals surface area contributed by atoms with Crippen LogP contribution in [0.5, 0.6) is 0 Å². The highest BCUT2D eigenvalue weighted by atomic mass is 14.9. The van der Waals surface area contributed by atoms with Gasteiger partial charge in [-0.1, -0.05) is 26.0 Å². The second-order valence-electron chi connectivity index (χ2n) is 5.53. The molecule has 16 heavy (non-hydrogen) atoms. The summed E-state index contributed by atoms with van der Waals surface area (Å²) in [7, 11) is 0. The maximum atomic E-state index is 6.41. The number of H-pyrrole nitrogens is 1. The zero-order valence-corrected chi connectivity index (χ0v) is 9.88. The van der Waals surface area contributed by atoms with Gasteiger partial charge in [0.1, 0.15) is 0 Å². The van der Waals surface area contributed by atoms with E-state index in [2.05, 4.69) is 43.1 Å². The molecular weight excluding hydrogens is 196 g/mol. The molecule has 0 radical (unpaired) electrons. The Bertz CT molecular complexity index is 532. The third-order valence-electron chi connectivity index (χ3n) is 4.30. The first-order chi connectivity index (χ1) is 7.55. The minimum atomic E-state index is -0.00144. The second-order valence-corrected chi connectivity index (χ2v) is 5.53. The monoisotopic (exact) mass is 214 g/mol. The van der Waals surface area contributed by atoms with Gasteiger partial charge in [0.25, 0.3) is 0 Å². The molecule has 1 heterocycles. The van der Waals surface area contributed by atoms with Crippen LogP contribution in [0, 0.1) is 0 Å². The number of nitrogens with two attached hydrogens (primary N) is 1. The fourth-order valence-corrected chi connectivity index (χ4v) is 2.66. The highest BCUT2D eigenvalue weighted by Crippen LogP contribution is 2.50. The molecule has 0 aliphatic heterocycles. The van der Waals surface area contributed by atoms with Crippen LogP contribution >= 0.6 is 0 Å². The molecule has 1 aromatic carbocycles. The lowest BCUT2D eigenvalue weighted by atomic mass is 9.75. The quantitative estimate of drug-likeness (QED) is 0.793. The maximum Gasteiger partial charge on any atom is 0.0456 e. The van der Waals surface area contributed by atoms with E-state index in [1.165, 1.54) is 16.5 Å². The van der Waals surface area contributed by atoms with Crippen molar-refractivity contribution >= 4 is 10.9 Å². The van der Waals surface area contributed by atoms with E-state index in [1.54, 1.807) is 0 Å². The minimum Gasteiger partial charge on any atom is -0.361 e. The third kappa shape index (κ3) is 1.17. The van der Waals surface area contributed by atoms with Crippen LogP contribution in [0.3, 0.4) is 0 Å². The molecule has 0 amide bonds. The zero-order chi connectivity index (χ0) is 11.4. The average Bonchev–Trinajstić information content (AvgIpc) is 2.84. The first-order valence-corrected chi connectivity index (χ1v) is 5.90. The summed E-state index contributed by atoms with van der Waals surface area (Å²) in [6.45, 7) is 4.53. The van der Waals surface area contributed by atoms with E-state index < -0.39 is 0 Å². The smallest absolute Gasteiger partial charge is 0.0456 e. The molecule has 1 saturated carbocycles. The molecule has 3 N–H and O–H groups in total. The summed E-state index contributed by atoms with van der Waals surface area (Å²) in [5.41, 5.74) is 9.03. The fourth-order valence-electron chi connectivity index (χ4n) is 2.66. The van der Waals surface area contributed by atoms with Crippen molar-refractivity contribution in [3.63, 3.8) is 0 Å². The van der Waals surface area contributed by atoms with Gasteiger partial charge in [-0.15, -0.1) is 0 Å². The SMILES string of the molecule is CC(C)(c1cccc2[nH]ccc12)C1(N)CC1. The Hall–Kier alpha value is -1.28. The molecule has 2 heteroatoms. The molecule has 0 unspecified atom stereocenters. The Morgan fingerprint density at radius 3 is 2.69 bits per heavy atom. The molecule has 1 aromatic heterocycles. The Morgan fingerprint density at radius 1 is 1.25 bits per heavy atom. The molecule has 84 valence electrons. The summed E-state index contributed by atoms with van der Waals surface area (Å²) in [6, 6.07) is 8.59. The summed E-state index contributed by atoms with van der Waals surface area (Å²) in [6.07, 6.45) is 4.28. The van der Waals surface area contributed by atoms with E-state index in [0.29, 0.717) is 0 Å². The lowest BCUT2D eigenvalue weighted by Gasteiger charge is -2.33. The van der Waals surface area contributed by atoms with Crippen molar-refractivity contribution in [1.29, 1.82) is 0 Å². The number of nitrogens with one attached hydrogen (secondary N) is 1. The molecule has 0 atom stereocenters. The van der Waals surface area contributed by atoms with Crippen LogP contribution in [0.1, 0.15) is 32.3 Å². The van der Waals surface area contributed by atoms with E-state index in [9.17, 15) is 0 Å². The number of aromatic amines is 1. The van der Waals surface area contributed by atoms with Crippen molar-refractivity contribution in [2.24, 2.45) is 5.73 Å². The van der Waals surface area contributed by atoms with Crippen LogP contribution in [0.4, 0.5) is 0 Å². The number of hydrogen-bond donors (Lipinski definition) is 2. The molecule has 0 spiro atoms. The third-order valence-corrected chi connectivity index (χ3v) is 4.30. The van der Waals surface area contributed by atoms with E-state index in [0.717, 1.165) is 12.8 Å². The topological polar surface area (TPSA) is 41.8 Å². The maximum absolute atomic E-state index is 6.41. The van der Waals surface area contributed by atoms with Gasteiger partial charge in [0.2, 0.25) is 0 Å². The first-order valence-electron chi connectivity index (χ1n) is 5.90. The molecule has 1 aliphatic rings. The number of aromatic nitrogens is 1. The van der Waals surface area contributed by atoms with Gasteiger partial charge in [-0.05, 0) is 30.5 Å². The summed E-state index contributed by atoms with van der Waals surface area (Å²) < 4.78 is 0. The van der Waals surface area contributed by atoms with Gasteiger partial charge >= 0.3 is 0 Å². The minimum absolute atomic E-state index is 0.00144. The van der Waals surface area contributed by atoms with Gasteiger partial charge in [0.15, 0.2) is 0 Å². The lowest BCUT2D eigenvalue weighted by molar-refractivity contribution is 0.394. The summed E-state index contributed by atoms with van der Waals surface area (Å²) in [4.78, 5) is 3.26. The Kier molecular flexibility index (Phi) is 1.79. The van der Waals surface area contributed by atoms with Gasteiger partial charge in [-0.2, -0.15) is 0 Å². The van der Waals surface area contributed by atoms with Crippen LogP contribution in [-0.4, -0.2) is 10.5 Å². The summed E-state index contributed by atoms with van der Waals surface area (Å²) in [5, 5.41) is 1.31. The van der Waals surface area contributed by atoms with Gasteiger partial charge in [-0.25, -0.2) is 0 Å². The Morgan fingerprint density at radius 2 is 2.00 bits per heavy atom. The molecule has 0 bridgehead atoms. The highest BCUT2D eigenvalue weighted by molar-refractivity contribution is 5.84. The normalized spacial score (nSPS) is 18.9. The van der Waals surface area contributed by atoms with Crippen molar-refractivity contribution in [3.8, 4) is 0 Å². The molecule has 1 fully saturated rings. The molecule has 1 aliphatic carbocycles. The van der Waals surface area contributed by atoms with Crippen LogP contribution in [0.15, 0.2) is 30.5 Å². The van der Waals surface area contributed by atoms with E-state index in [4.69, 9.17) is 5.73 Å². The lowest BCUT2D eigenvalue weighted by Crippen LogP contribution is -2.43. The Balaban J connectivity index is 2.22. The predicted octanol–water partition coefficient (Wildman–Crippen LogP) is 2.94. The predicted molar refractivity (Wildman–Crippen MR) is 67.5 cm³/mol. The van der Waals surface area contributed by atoms with Gasteiger partial charge in [0.05, 0.1) is 0 Å². The van der Waals surface area contributed by atoms with Crippen LogP contribution in [-0.2, 0) is 5.41 Å². The number of fused-ring (bicyclic) bond motifs is 1. The Labute approximate surface area is 95.8 Å². The molecule has 3 rings (SSSR count).